The van der Waals surface area contributed by atoms with Gasteiger partial charge in [-0.2, -0.15) is 0 Å². The zero-order valence-electron chi connectivity index (χ0n) is 17.2. The highest BCUT2D eigenvalue weighted by molar-refractivity contribution is 5.94. The SMILES string of the molecule is CC(CC(=O)NCc1cccc(C(=O)NCC2CCCO2)c1)C1CCNCC1.Cl. The normalized spacial score (nSPS) is 20.5. The number of hydrogen-bond donors (Lipinski definition) is 3. The molecule has 2 saturated heterocycles. The van der Waals surface area contributed by atoms with Gasteiger partial charge in [-0.3, -0.25) is 9.59 Å². The molecule has 2 heterocycles. The van der Waals surface area contributed by atoms with Gasteiger partial charge < -0.3 is 20.7 Å². The number of carbonyl (C=O) groups excluding carboxylic acids is 2. The third-order valence-corrected chi connectivity index (χ3v) is 5.89. The molecule has 1 aromatic carbocycles. The van der Waals surface area contributed by atoms with Crippen LogP contribution in [0.3, 0.4) is 0 Å². The van der Waals surface area contributed by atoms with Gasteiger partial charge in [0.05, 0.1) is 6.10 Å². The Labute approximate surface area is 179 Å². The van der Waals surface area contributed by atoms with Crippen LogP contribution in [0.25, 0.3) is 0 Å². The molecule has 7 heteroatoms. The Bertz CT molecular complexity index is 658. The Morgan fingerprint density at radius 1 is 1.21 bits per heavy atom. The number of piperidine rings is 1. The van der Waals surface area contributed by atoms with Crippen LogP contribution in [0.1, 0.15) is 54.9 Å². The van der Waals surface area contributed by atoms with E-state index in [1.54, 1.807) is 6.07 Å². The summed E-state index contributed by atoms with van der Waals surface area (Å²) in [7, 11) is 0. The molecule has 2 fully saturated rings. The summed E-state index contributed by atoms with van der Waals surface area (Å²) >= 11 is 0. The largest absolute Gasteiger partial charge is 0.376 e. The number of halogens is 1. The van der Waals surface area contributed by atoms with Gasteiger partial charge in [-0.15, -0.1) is 12.4 Å². The van der Waals surface area contributed by atoms with Crippen LogP contribution in [0.5, 0.6) is 0 Å². The molecular formula is C22H34ClN3O3. The van der Waals surface area contributed by atoms with Crippen molar-refractivity contribution in [2.75, 3.05) is 26.2 Å². The minimum Gasteiger partial charge on any atom is -0.376 e. The van der Waals surface area contributed by atoms with Gasteiger partial charge in [0.25, 0.3) is 5.91 Å². The van der Waals surface area contributed by atoms with Gasteiger partial charge in [-0.1, -0.05) is 19.1 Å². The molecule has 6 nitrogen and oxygen atoms in total. The summed E-state index contributed by atoms with van der Waals surface area (Å²) in [5.74, 6) is 1.02. The molecular weight excluding hydrogens is 390 g/mol. The first-order valence-electron chi connectivity index (χ1n) is 10.6. The lowest BCUT2D eigenvalue weighted by atomic mass is 9.84. The second-order valence-electron chi connectivity index (χ2n) is 8.09. The zero-order chi connectivity index (χ0) is 19.8. The molecule has 0 saturated carbocycles. The van der Waals surface area contributed by atoms with E-state index in [4.69, 9.17) is 4.74 Å². The molecule has 2 amide bonds. The maximum atomic E-state index is 12.4. The summed E-state index contributed by atoms with van der Waals surface area (Å²) in [6.45, 7) is 6.07. The number of benzene rings is 1. The van der Waals surface area contributed by atoms with Crippen molar-refractivity contribution >= 4 is 24.2 Å². The fourth-order valence-corrected chi connectivity index (χ4v) is 4.08. The van der Waals surface area contributed by atoms with Crippen LogP contribution < -0.4 is 16.0 Å². The molecule has 2 aliphatic rings. The average molecular weight is 424 g/mol. The van der Waals surface area contributed by atoms with E-state index in [2.05, 4.69) is 22.9 Å². The van der Waals surface area contributed by atoms with Crippen LogP contribution >= 0.6 is 12.4 Å². The van der Waals surface area contributed by atoms with E-state index in [9.17, 15) is 9.59 Å². The molecule has 0 spiro atoms. The standard InChI is InChI=1S/C22H33N3O3.ClH/c1-16(18-7-9-23-10-8-18)12-21(26)24-14-17-4-2-5-19(13-17)22(27)25-15-20-6-3-11-28-20;/h2,4-5,13,16,18,20,23H,3,6-12,14-15H2,1H3,(H,24,26)(H,25,27);1H. The van der Waals surface area contributed by atoms with Gasteiger partial charge in [-0.25, -0.2) is 0 Å². The molecule has 29 heavy (non-hydrogen) atoms. The van der Waals surface area contributed by atoms with Crippen molar-refractivity contribution in [3.05, 3.63) is 35.4 Å². The first-order chi connectivity index (χ1) is 13.6. The molecule has 1 aromatic rings. The van der Waals surface area contributed by atoms with E-state index < -0.39 is 0 Å². The quantitative estimate of drug-likeness (QED) is 0.600. The molecule has 0 aromatic heterocycles. The Morgan fingerprint density at radius 2 is 2.00 bits per heavy atom. The lowest BCUT2D eigenvalue weighted by Crippen LogP contribution is -2.33. The lowest BCUT2D eigenvalue weighted by molar-refractivity contribution is -0.122. The van der Waals surface area contributed by atoms with Crippen molar-refractivity contribution < 1.29 is 14.3 Å². The molecule has 3 rings (SSSR count). The summed E-state index contributed by atoms with van der Waals surface area (Å²) in [5.41, 5.74) is 1.56. The van der Waals surface area contributed by atoms with Crippen LogP contribution in [0.15, 0.2) is 24.3 Å². The summed E-state index contributed by atoms with van der Waals surface area (Å²) in [6.07, 6.45) is 5.06. The molecule has 2 aliphatic heterocycles. The maximum absolute atomic E-state index is 12.4. The Balaban J connectivity index is 0.00000300. The highest BCUT2D eigenvalue weighted by Gasteiger charge is 2.22. The summed E-state index contributed by atoms with van der Waals surface area (Å²) in [4.78, 5) is 24.7. The van der Waals surface area contributed by atoms with Gasteiger partial charge in [0.15, 0.2) is 0 Å². The molecule has 162 valence electrons. The summed E-state index contributed by atoms with van der Waals surface area (Å²) < 4.78 is 5.54. The third-order valence-electron chi connectivity index (χ3n) is 5.89. The summed E-state index contributed by atoms with van der Waals surface area (Å²) in [5, 5.41) is 9.31. The van der Waals surface area contributed by atoms with Crippen LogP contribution in [0.4, 0.5) is 0 Å². The number of ether oxygens (including phenoxy) is 1. The predicted octanol–water partition coefficient (Wildman–Crippen LogP) is 2.66. The molecule has 3 N–H and O–H groups in total. The van der Waals surface area contributed by atoms with Crippen molar-refractivity contribution in [3.63, 3.8) is 0 Å². The first kappa shape index (κ1) is 23.6. The second kappa shape index (κ2) is 12.2. The van der Waals surface area contributed by atoms with Crippen molar-refractivity contribution in [1.82, 2.24) is 16.0 Å². The van der Waals surface area contributed by atoms with Gasteiger partial charge in [0.1, 0.15) is 0 Å². The number of nitrogens with one attached hydrogen (secondary N) is 3. The Morgan fingerprint density at radius 3 is 2.72 bits per heavy atom. The molecule has 0 aliphatic carbocycles. The van der Waals surface area contributed by atoms with Crippen LogP contribution in [0, 0.1) is 11.8 Å². The zero-order valence-corrected chi connectivity index (χ0v) is 18.1. The number of rotatable bonds is 8. The number of hydrogen-bond acceptors (Lipinski definition) is 4. The van der Waals surface area contributed by atoms with Gasteiger partial charge in [0, 0.05) is 31.7 Å². The molecule has 2 unspecified atom stereocenters. The second-order valence-corrected chi connectivity index (χ2v) is 8.09. The van der Waals surface area contributed by atoms with Gasteiger partial charge in [-0.05, 0) is 68.3 Å². The van der Waals surface area contributed by atoms with E-state index in [0.717, 1.165) is 50.9 Å². The van der Waals surface area contributed by atoms with Crippen molar-refractivity contribution in [2.24, 2.45) is 11.8 Å². The smallest absolute Gasteiger partial charge is 0.251 e. The van der Waals surface area contributed by atoms with Gasteiger partial charge in [0.2, 0.25) is 5.91 Å². The fraction of sp³-hybridized carbons (Fsp3) is 0.636. The molecule has 2 atom stereocenters. The van der Waals surface area contributed by atoms with Crippen molar-refractivity contribution in [1.29, 1.82) is 0 Å². The van der Waals surface area contributed by atoms with E-state index >= 15 is 0 Å². The maximum Gasteiger partial charge on any atom is 0.251 e. The monoisotopic (exact) mass is 423 g/mol. The topological polar surface area (TPSA) is 79.5 Å². The third kappa shape index (κ3) is 7.61. The van der Waals surface area contributed by atoms with Crippen LogP contribution in [-0.4, -0.2) is 44.2 Å². The van der Waals surface area contributed by atoms with Crippen LogP contribution in [0.2, 0.25) is 0 Å². The van der Waals surface area contributed by atoms with Gasteiger partial charge >= 0.3 is 0 Å². The van der Waals surface area contributed by atoms with Crippen molar-refractivity contribution in [2.45, 2.75) is 51.7 Å². The molecule has 0 bridgehead atoms. The Hall–Kier alpha value is -1.63. The number of amides is 2. The van der Waals surface area contributed by atoms with E-state index in [1.165, 1.54) is 0 Å². The lowest BCUT2D eigenvalue weighted by Gasteiger charge is -2.27. The minimum atomic E-state index is -0.0943. The Kier molecular flexibility index (Phi) is 9.91. The average Bonchev–Trinajstić information content (AvgIpc) is 3.25. The first-order valence-corrected chi connectivity index (χ1v) is 10.6. The molecule has 0 radical (unpaired) electrons. The highest BCUT2D eigenvalue weighted by atomic mass is 35.5. The van der Waals surface area contributed by atoms with Crippen molar-refractivity contribution in [3.8, 4) is 0 Å². The van der Waals surface area contributed by atoms with E-state index in [1.807, 2.05) is 18.2 Å². The van der Waals surface area contributed by atoms with Crippen LogP contribution in [-0.2, 0) is 16.1 Å². The highest BCUT2D eigenvalue weighted by Crippen LogP contribution is 2.24. The van der Waals surface area contributed by atoms with E-state index in [0.29, 0.717) is 36.9 Å². The van der Waals surface area contributed by atoms with E-state index in [-0.39, 0.29) is 30.3 Å². The summed E-state index contributed by atoms with van der Waals surface area (Å²) in [6, 6.07) is 7.45. The fourth-order valence-electron chi connectivity index (χ4n) is 4.08. The minimum absolute atomic E-state index is 0. The predicted molar refractivity (Wildman–Crippen MR) is 116 cm³/mol. The number of carbonyl (C=O) groups is 2.